The molecular formula is C24H22N2O3. The molecule has 2 aromatic carbocycles. The van der Waals surface area contributed by atoms with Gasteiger partial charge in [0.15, 0.2) is 5.78 Å². The number of benzene rings is 2. The number of fused-ring (bicyclic) bond motifs is 1. The van der Waals surface area contributed by atoms with Crippen LogP contribution < -0.4 is 14.8 Å². The van der Waals surface area contributed by atoms with E-state index >= 15 is 0 Å². The Hall–Kier alpha value is -3.52. The van der Waals surface area contributed by atoms with E-state index in [2.05, 4.69) is 11.4 Å². The van der Waals surface area contributed by atoms with Gasteiger partial charge in [-0.3, -0.25) is 4.79 Å². The molecule has 0 saturated carbocycles. The van der Waals surface area contributed by atoms with Crippen LogP contribution in [-0.2, 0) is 4.79 Å². The first-order chi connectivity index (χ1) is 14.1. The number of carbonyl (C=O) groups is 1. The molecule has 0 amide bonds. The normalized spacial score (nSPS) is 18.3. The number of hydrogen-bond acceptors (Lipinski definition) is 5. The Balaban J connectivity index is 1.83. The van der Waals surface area contributed by atoms with E-state index in [1.807, 2.05) is 49.4 Å². The maximum absolute atomic E-state index is 11.8. The van der Waals surface area contributed by atoms with Crippen LogP contribution in [0, 0.1) is 18.3 Å². The zero-order valence-electron chi connectivity index (χ0n) is 16.5. The lowest BCUT2D eigenvalue weighted by atomic mass is 9.83. The van der Waals surface area contributed by atoms with E-state index in [0.29, 0.717) is 29.4 Å². The van der Waals surface area contributed by atoms with Crippen LogP contribution in [0.5, 0.6) is 11.5 Å². The van der Waals surface area contributed by atoms with Gasteiger partial charge in [-0.15, -0.1) is 0 Å². The number of ether oxygens (including phenoxy) is 2. The monoisotopic (exact) mass is 386 g/mol. The van der Waals surface area contributed by atoms with Crippen LogP contribution in [0.2, 0.25) is 0 Å². The number of nitriles is 1. The third-order valence-electron chi connectivity index (χ3n) is 5.29. The van der Waals surface area contributed by atoms with Crippen molar-refractivity contribution in [3.8, 4) is 17.6 Å². The average molecular weight is 386 g/mol. The summed E-state index contributed by atoms with van der Waals surface area (Å²) in [5, 5.41) is 13.2. The van der Waals surface area contributed by atoms with Gasteiger partial charge >= 0.3 is 0 Å². The highest BCUT2D eigenvalue weighted by atomic mass is 16.5. The molecule has 0 radical (unpaired) electrons. The molecule has 1 N–H and O–H groups in total. The van der Waals surface area contributed by atoms with Crippen molar-refractivity contribution in [1.82, 2.24) is 5.32 Å². The van der Waals surface area contributed by atoms with E-state index in [4.69, 9.17) is 9.47 Å². The summed E-state index contributed by atoms with van der Waals surface area (Å²) in [6, 6.07) is 16.1. The average Bonchev–Trinajstić information content (AvgIpc) is 2.73. The number of allylic oxidation sites excluding steroid dienone is 3. The van der Waals surface area contributed by atoms with Crippen molar-refractivity contribution in [3.05, 3.63) is 82.4 Å². The maximum atomic E-state index is 11.8. The van der Waals surface area contributed by atoms with Crippen molar-refractivity contribution in [3.63, 3.8) is 0 Å². The third-order valence-corrected chi connectivity index (χ3v) is 5.29. The van der Waals surface area contributed by atoms with Crippen LogP contribution in [-0.4, -0.2) is 12.9 Å². The van der Waals surface area contributed by atoms with Crippen molar-refractivity contribution in [2.45, 2.75) is 32.1 Å². The minimum Gasteiger partial charge on any atom is -0.497 e. The quantitative estimate of drug-likeness (QED) is 0.838. The lowest BCUT2D eigenvalue weighted by Crippen LogP contribution is -2.27. The smallest absolute Gasteiger partial charge is 0.212 e. The van der Waals surface area contributed by atoms with Crippen LogP contribution in [0.1, 0.15) is 41.9 Å². The summed E-state index contributed by atoms with van der Waals surface area (Å²) in [6.07, 6.45) is 3.70. The molecule has 5 heteroatoms. The predicted octanol–water partition coefficient (Wildman–Crippen LogP) is 4.49. The van der Waals surface area contributed by atoms with Gasteiger partial charge in [0.1, 0.15) is 23.1 Å². The van der Waals surface area contributed by atoms with Crippen molar-refractivity contribution in [2.24, 2.45) is 0 Å². The number of nitrogens with zero attached hydrogens (tertiary/aromatic N) is 1. The number of hydrogen-bond donors (Lipinski definition) is 1. The van der Waals surface area contributed by atoms with Crippen molar-refractivity contribution < 1.29 is 14.3 Å². The molecule has 0 bridgehead atoms. The molecule has 146 valence electrons. The third kappa shape index (κ3) is 3.74. The zero-order chi connectivity index (χ0) is 20.4. The first-order valence-electron chi connectivity index (χ1n) is 9.66. The Morgan fingerprint density at radius 3 is 2.66 bits per heavy atom. The molecule has 1 aliphatic heterocycles. The molecule has 0 spiro atoms. The SMILES string of the molecule is COc1ccc2c(c1)OC(NC1=CC(=O)CCC1)=C(C#N)C2c1ccc(C)cc1. The van der Waals surface area contributed by atoms with E-state index < -0.39 is 0 Å². The maximum Gasteiger partial charge on any atom is 0.212 e. The highest BCUT2D eigenvalue weighted by Crippen LogP contribution is 2.44. The fraction of sp³-hybridized carbons (Fsp3) is 0.250. The van der Waals surface area contributed by atoms with Crippen LogP contribution in [0.3, 0.4) is 0 Å². The first-order valence-corrected chi connectivity index (χ1v) is 9.66. The first kappa shape index (κ1) is 18.8. The van der Waals surface area contributed by atoms with Crippen molar-refractivity contribution in [1.29, 1.82) is 5.26 Å². The summed E-state index contributed by atoms with van der Waals surface area (Å²) < 4.78 is 11.5. The molecule has 1 heterocycles. The molecule has 1 atom stereocenters. The minimum absolute atomic E-state index is 0.0887. The molecule has 0 saturated heterocycles. The van der Waals surface area contributed by atoms with Crippen molar-refractivity contribution in [2.75, 3.05) is 7.11 Å². The summed E-state index contributed by atoms with van der Waals surface area (Å²) in [5.74, 6) is 1.51. The summed E-state index contributed by atoms with van der Waals surface area (Å²) in [4.78, 5) is 11.8. The second-order valence-corrected chi connectivity index (χ2v) is 7.32. The Kier molecular flexibility index (Phi) is 5.09. The Morgan fingerprint density at radius 2 is 1.97 bits per heavy atom. The summed E-state index contributed by atoms with van der Waals surface area (Å²) >= 11 is 0. The summed E-state index contributed by atoms with van der Waals surface area (Å²) in [7, 11) is 1.61. The summed E-state index contributed by atoms with van der Waals surface area (Å²) in [6.45, 7) is 2.03. The van der Waals surface area contributed by atoms with E-state index in [-0.39, 0.29) is 11.7 Å². The van der Waals surface area contributed by atoms with E-state index in [1.165, 1.54) is 0 Å². The number of carbonyl (C=O) groups excluding carboxylic acids is 1. The van der Waals surface area contributed by atoms with Gasteiger partial charge < -0.3 is 14.8 Å². The molecule has 1 aliphatic carbocycles. The van der Waals surface area contributed by atoms with Crippen LogP contribution >= 0.6 is 0 Å². The standard InChI is InChI=1S/C24H22N2O3/c1-15-6-8-16(9-7-15)23-20-11-10-19(28-2)13-22(20)29-24(21(23)14-25)26-17-4-3-5-18(27)12-17/h6-13,23,26H,3-5H2,1-2H3. The Morgan fingerprint density at radius 1 is 1.17 bits per heavy atom. The lowest BCUT2D eigenvalue weighted by Gasteiger charge is -2.29. The van der Waals surface area contributed by atoms with Crippen LogP contribution in [0.4, 0.5) is 0 Å². The second kappa shape index (κ2) is 7.84. The second-order valence-electron chi connectivity index (χ2n) is 7.32. The highest BCUT2D eigenvalue weighted by Gasteiger charge is 2.32. The highest BCUT2D eigenvalue weighted by molar-refractivity contribution is 5.91. The van der Waals surface area contributed by atoms with Gasteiger partial charge in [0, 0.05) is 29.8 Å². The molecule has 4 rings (SSSR count). The Bertz CT molecular complexity index is 1060. The van der Waals surface area contributed by atoms with Gasteiger partial charge in [-0.1, -0.05) is 35.9 Å². The van der Waals surface area contributed by atoms with Gasteiger partial charge in [-0.25, -0.2) is 0 Å². The molecule has 2 aliphatic rings. The number of nitrogens with one attached hydrogen (secondary N) is 1. The summed E-state index contributed by atoms with van der Waals surface area (Å²) in [5.41, 5.74) is 4.34. The topological polar surface area (TPSA) is 71.3 Å². The van der Waals surface area contributed by atoms with Gasteiger partial charge in [0.25, 0.3) is 0 Å². The van der Waals surface area contributed by atoms with Crippen LogP contribution in [0.25, 0.3) is 0 Å². The minimum atomic E-state index is -0.266. The van der Waals surface area contributed by atoms with Gasteiger partial charge in [-0.2, -0.15) is 5.26 Å². The zero-order valence-corrected chi connectivity index (χ0v) is 16.5. The molecule has 0 fully saturated rings. The largest absolute Gasteiger partial charge is 0.497 e. The molecule has 5 nitrogen and oxygen atoms in total. The van der Waals surface area contributed by atoms with Gasteiger partial charge in [0.05, 0.1) is 13.0 Å². The fourth-order valence-electron chi connectivity index (χ4n) is 3.77. The predicted molar refractivity (Wildman–Crippen MR) is 109 cm³/mol. The van der Waals surface area contributed by atoms with E-state index in [9.17, 15) is 10.1 Å². The molecule has 1 unspecified atom stereocenters. The lowest BCUT2D eigenvalue weighted by molar-refractivity contribution is -0.115. The van der Waals surface area contributed by atoms with E-state index in [0.717, 1.165) is 35.2 Å². The van der Waals surface area contributed by atoms with Crippen LogP contribution in [0.15, 0.2) is 65.7 Å². The number of ketones is 1. The van der Waals surface area contributed by atoms with E-state index in [1.54, 1.807) is 13.2 Å². The number of aryl methyl sites for hydroxylation is 1. The molecule has 29 heavy (non-hydrogen) atoms. The van der Waals surface area contributed by atoms with Gasteiger partial charge in [-0.05, 0) is 31.4 Å². The molecule has 0 aromatic heterocycles. The molecular weight excluding hydrogens is 364 g/mol. The number of rotatable bonds is 4. The van der Waals surface area contributed by atoms with Crippen molar-refractivity contribution >= 4 is 5.78 Å². The Labute approximate surface area is 170 Å². The molecule has 2 aromatic rings. The fourth-order valence-corrected chi connectivity index (χ4v) is 3.77. The van der Waals surface area contributed by atoms with Gasteiger partial charge in [0.2, 0.25) is 5.88 Å². The number of methoxy groups -OCH3 is 1.